The smallest absolute Gasteiger partial charge is 0.269 e. The molecule has 1 aromatic heterocycles. The van der Waals surface area contributed by atoms with E-state index in [1.54, 1.807) is 40.6 Å². The van der Waals surface area contributed by atoms with Gasteiger partial charge in [-0.3, -0.25) is 9.89 Å². The molecule has 1 aliphatic rings. The van der Waals surface area contributed by atoms with Crippen LogP contribution < -0.4 is 24.3 Å². The molecule has 0 radical (unpaired) electrons. The Morgan fingerprint density at radius 2 is 1.61 bits per heavy atom. The summed E-state index contributed by atoms with van der Waals surface area (Å²) < 4.78 is 21.4. The Morgan fingerprint density at radius 3 is 2.32 bits per heavy atom. The lowest BCUT2D eigenvalue weighted by molar-refractivity contribution is 0.0931. The predicted octanol–water partition coefficient (Wildman–Crippen LogP) is 3.53. The van der Waals surface area contributed by atoms with Crippen LogP contribution in [0.3, 0.4) is 0 Å². The van der Waals surface area contributed by atoms with E-state index >= 15 is 0 Å². The van der Waals surface area contributed by atoms with Crippen LogP contribution in [-0.2, 0) is 6.42 Å². The summed E-state index contributed by atoms with van der Waals surface area (Å²) >= 11 is 0. The number of H-pyrrole nitrogens is 1. The minimum Gasteiger partial charge on any atom is -0.493 e. The molecule has 3 aromatic rings. The number of nitrogens with zero attached hydrogens (tertiary/aromatic N) is 1. The van der Waals surface area contributed by atoms with Crippen LogP contribution in [0.1, 0.15) is 34.1 Å². The fraction of sp³-hybridized carbons (Fsp3) is 0.304. The van der Waals surface area contributed by atoms with Crippen molar-refractivity contribution in [1.82, 2.24) is 15.5 Å². The number of methoxy groups -OCH3 is 4. The number of aromatic nitrogens is 2. The molecule has 1 amide bonds. The van der Waals surface area contributed by atoms with Crippen LogP contribution in [0.4, 0.5) is 0 Å². The highest BCUT2D eigenvalue weighted by Crippen LogP contribution is 2.39. The maximum atomic E-state index is 12.9. The van der Waals surface area contributed by atoms with Crippen molar-refractivity contribution in [3.8, 4) is 34.3 Å². The third-order valence-corrected chi connectivity index (χ3v) is 5.53. The van der Waals surface area contributed by atoms with Gasteiger partial charge in [0.1, 0.15) is 5.69 Å². The average Bonchev–Trinajstić information content (AvgIpc) is 3.45. The Hall–Kier alpha value is -3.68. The Labute approximate surface area is 180 Å². The van der Waals surface area contributed by atoms with Crippen molar-refractivity contribution < 1.29 is 23.7 Å². The molecule has 1 aliphatic carbocycles. The molecule has 31 heavy (non-hydrogen) atoms. The number of carbonyl (C=O) groups is 1. The second kappa shape index (κ2) is 8.59. The first-order valence-electron chi connectivity index (χ1n) is 9.91. The van der Waals surface area contributed by atoms with Crippen LogP contribution in [0.2, 0.25) is 0 Å². The number of fused-ring (bicyclic) bond motifs is 1. The summed E-state index contributed by atoms with van der Waals surface area (Å²) in [4.78, 5) is 12.9. The lowest BCUT2D eigenvalue weighted by Crippen LogP contribution is -2.27. The number of rotatable bonds is 7. The molecule has 0 unspecified atom stereocenters. The Bertz CT molecular complexity index is 1110. The molecule has 1 heterocycles. The zero-order valence-corrected chi connectivity index (χ0v) is 17.9. The van der Waals surface area contributed by atoms with E-state index in [-0.39, 0.29) is 11.9 Å². The largest absolute Gasteiger partial charge is 0.493 e. The van der Waals surface area contributed by atoms with Crippen LogP contribution in [0.25, 0.3) is 11.3 Å². The van der Waals surface area contributed by atoms with Gasteiger partial charge >= 0.3 is 0 Å². The minimum atomic E-state index is -0.216. The quantitative estimate of drug-likeness (QED) is 0.604. The topological polar surface area (TPSA) is 94.7 Å². The molecule has 0 saturated carbocycles. The van der Waals surface area contributed by atoms with Crippen LogP contribution >= 0.6 is 0 Å². The lowest BCUT2D eigenvalue weighted by Gasteiger charge is -2.15. The highest BCUT2D eigenvalue weighted by atomic mass is 16.5. The molecular formula is C23H25N3O5. The molecule has 0 aliphatic heterocycles. The number of benzene rings is 2. The SMILES string of the molecule is COc1ccc(-c2cc(C(=O)N[C@@H]3CCc4cc(OC)c(OC)cc43)[nH]n2)cc1OC. The molecule has 0 fully saturated rings. The van der Waals surface area contributed by atoms with E-state index in [9.17, 15) is 4.79 Å². The van der Waals surface area contributed by atoms with Crippen LogP contribution in [0.15, 0.2) is 36.4 Å². The first-order valence-corrected chi connectivity index (χ1v) is 9.91. The molecule has 0 spiro atoms. The minimum absolute atomic E-state index is 0.102. The standard InChI is InChI=1S/C23H25N3O5/c1-28-19-8-6-14(10-20(19)29-2)17-12-18(26-25-17)23(27)24-16-7-5-13-9-21(30-3)22(31-4)11-15(13)16/h6,8-12,16H,5,7H2,1-4H3,(H,24,27)(H,25,26)/t16-/m1/s1. The van der Waals surface area contributed by atoms with Gasteiger partial charge in [0.25, 0.3) is 5.91 Å². The number of aryl methyl sites for hydroxylation is 1. The second-order valence-electron chi connectivity index (χ2n) is 7.21. The van der Waals surface area contributed by atoms with Gasteiger partial charge < -0.3 is 24.3 Å². The highest BCUT2D eigenvalue weighted by molar-refractivity contribution is 5.93. The van der Waals surface area contributed by atoms with Crippen molar-refractivity contribution in [1.29, 1.82) is 0 Å². The molecule has 8 heteroatoms. The van der Waals surface area contributed by atoms with Gasteiger partial charge in [-0.2, -0.15) is 5.10 Å². The average molecular weight is 423 g/mol. The van der Waals surface area contributed by atoms with Gasteiger partial charge in [0.05, 0.1) is 40.2 Å². The summed E-state index contributed by atoms with van der Waals surface area (Å²) in [5, 5.41) is 10.2. The summed E-state index contributed by atoms with van der Waals surface area (Å²) in [5.41, 5.74) is 4.04. The molecule has 2 N–H and O–H groups in total. The predicted molar refractivity (Wildman–Crippen MR) is 115 cm³/mol. The zero-order chi connectivity index (χ0) is 22.0. The van der Waals surface area contributed by atoms with Crippen molar-refractivity contribution in [2.24, 2.45) is 0 Å². The van der Waals surface area contributed by atoms with E-state index in [4.69, 9.17) is 18.9 Å². The normalized spacial score (nSPS) is 14.6. The monoisotopic (exact) mass is 423 g/mol. The van der Waals surface area contributed by atoms with Gasteiger partial charge in [0, 0.05) is 5.56 Å². The first kappa shape index (κ1) is 20.6. The maximum absolute atomic E-state index is 12.9. The summed E-state index contributed by atoms with van der Waals surface area (Å²) in [6.45, 7) is 0. The van der Waals surface area contributed by atoms with E-state index in [2.05, 4.69) is 15.5 Å². The van der Waals surface area contributed by atoms with Gasteiger partial charge in [0.15, 0.2) is 23.0 Å². The van der Waals surface area contributed by atoms with Crippen molar-refractivity contribution in [3.63, 3.8) is 0 Å². The Kier molecular flexibility index (Phi) is 5.70. The number of amides is 1. The highest BCUT2D eigenvalue weighted by Gasteiger charge is 2.27. The van der Waals surface area contributed by atoms with Crippen molar-refractivity contribution >= 4 is 5.91 Å². The van der Waals surface area contributed by atoms with Crippen molar-refractivity contribution in [2.45, 2.75) is 18.9 Å². The number of aromatic amines is 1. The third-order valence-electron chi connectivity index (χ3n) is 5.53. The van der Waals surface area contributed by atoms with Crippen molar-refractivity contribution in [2.75, 3.05) is 28.4 Å². The molecule has 8 nitrogen and oxygen atoms in total. The molecule has 2 aromatic carbocycles. The second-order valence-corrected chi connectivity index (χ2v) is 7.21. The maximum Gasteiger partial charge on any atom is 0.269 e. The zero-order valence-electron chi connectivity index (χ0n) is 17.9. The van der Waals surface area contributed by atoms with E-state index < -0.39 is 0 Å². The summed E-state index contributed by atoms with van der Waals surface area (Å²) in [5.74, 6) is 2.36. The molecule has 1 atom stereocenters. The van der Waals surface area contributed by atoms with E-state index in [0.717, 1.165) is 29.5 Å². The van der Waals surface area contributed by atoms with Crippen LogP contribution in [0, 0.1) is 0 Å². The molecule has 0 bridgehead atoms. The lowest BCUT2D eigenvalue weighted by atomic mass is 10.1. The van der Waals surface area contributed by atoms with Crippen molar-refractivity contribution in [3.05, 3.63) is 53.2 Å². The van der Waals surface area contributed by atoms with E-state index in [1.165, 1.54) is 0 Å². The van der Waals surface area contributed by atoms with Gasteiger partial charge in [-0.25, -0.2) is 0 Å². The van der Waals surface area contributed by atoms with Gasteiger partial charge in [0.2, 0.25) is 0 Å². The number of hydrogen-bond donors (Lipinski definition) is 2. The summed E-state index contributed by atoms with van der Waals surface area (Å²) in [6, 6.07) is 11.0. The number of nitrogens with one attached hydrogen (secondary N) is 2. The number of carbonyl (C=O) groups excluding carboxylic acids is 1. The van der Waals surface area contributed by atoms with E-state index in [0.29, 0.717) is 34.4 Å². The molecule has 0 saturated heterocycles. The Balaban J connectivity index is 1.52. The van der Waals surface area contributed by atoms with Gasteiger partial charge in [-0.15, -0.1) is 0 Å². The number of ether oxygens (including phenoxy) is 4. The summed E-state index contributed by atoms with van der Waals surface area (Å²) in [7, 11) is 6.39. The third kappa shape index (κ3) is 3.88. The van der Waals surface area contributed by atoms with Gasteiger partial charge in [-0.1, -0.05) is 0 Å². The fourth-order valence-electron chi connectivity index (χ4n) is 3.90. The fourth-order valence-corrected chi connectivity index (χ4v) is 3.90. The number of hydrogen-bond acceptors (Lipinski definition) is 6. The Morgan fingerprint density at radius 1 is 0.935 bits per heavy atom. The molecule has 4 rings (SSSR count). The summed E-state index contributed by atoms with van der Waals surface area (Å²) in [6.07, 6.45) is 1.68. The molecular weight excluding hydrogens is 398 g/mol. The molecule has 162 valence electrons. The first-order chi connectivity index (χ1) is 15.1. The van der Waals surface area contributed by atoms with Crippen LogP contribution in [0.5, 0.6) is 23.0 Å². The van der Waals surface area contributed by atoms with E-state index in [1.807, 2.05) is 24.3 Å². The van der Waals surface area contributed by atoms with Gasteiger partial charge in [-0.05, 0) is 60.4 Å². The van der Waals surface area contributed by atoms with Crippen LogP contribution in [-0.4, -0.2) is 44.5 Å².